The van der Waals surface area contributed by atoms with Crippen LogP contribution in [0.1, 0.15) is 20.8 Å². The fourth-order valence-corrected chi connectivity index (χ4v) is 1.02. The van der Waals surface area contributed by atoms with Crippen molar-refractivity contribution in [3.8, 4) is 0 Å². The molecule has 0 spiro atoms. The summed E-state index contributed by atoms with van der Waals surface area (Å²) in [5.41, 5.74) is -0.471. The first-order valence-electron chi connectivity index (χ1n) is 4.92. The van der Waals surface area contributed by atoms with Crippen molar-refractivity contribution >= 4 is 11.9 Å². The Kier molecular flexibility index (Phi) is 3.71. The molecule has 0 unspecified atom stereocenters. The molecule has 1 aliphatic heterocycles. The van der Waals surface area contributed by atoms with Crippen LogP contribution in [-0.4, -0.2) is 30.6 Å². The molecule has 1 rings (SSSR count). The molecule has 0 fully saturated rings. The van der Waals surface area contributed by atoms with E-state index in [1.165, 1.54) is 6.20 Å². The topological polar surface area (TPSA) is 62.7 Å². The van der Waals surface area contributed by atoms with Crippen LogP contribution in [0, 0.1) is 0 Å². The largest absolute Gasteiger partial charge is 0.444 e. The number of ether oxygens (including phenoxy) is 1. The summed E-state index contributed by atoms with van der Waals surface area (Å²) in [6, 6.07) is 0. The van der Waals surface area contributed by atoms with Crippen LogP contribution in [-0.2, 0) is 4.74 Å². The number of amidine groups is 1. The summed E-state index contributed by atoms with van der Waals surface area (Å²) >= 11 is 0. The first kappa shape index (κ1) is 11.6. The third kappa shape index (κ3) is 5.05. The van der Waals surface area contributed by atoms with Gasteiger partial charge in [-0.2, -0.15) is 0 Å². The van der Waals surface area contributed by atoms with E-state index in [0.29, 0.717) is 0 Å². The van der Waals surface area contributed by atoms with E-state index in [1.54, 1.807) is 6.08 Å². The minimum atomic E-state index is -0.471. The van der Waals surface area contributed by atoms with Gasteiger partial charge in [0.1, 0.15) is 11.4 Å². The van der Waals surface area contributed by atoms with E-state index < -0.39 is 11.7 Å². The molecule has 0 atom stereocenters. The number of carbonyl (C=O) groups is 1. The number of aliphatic imine (C=N–C) groups is 1. The van der Waals surface area contributed by atoms with Crippen LogP contribution in [0.2, 0.25) is 0 Å². The molecule has 5 nitrogen and oxygen atoms in total. The summed E-state index contributed by atoms with van der Waals surface area (Å²) in [6.07, 6.45) is 2.76. The Hall–Kier alpha value is -1.52. The molecule has 0 radical (unpaired) electrons. The minimum Gasteiger partial charge on any atom is -0.444 e. The Morgan fingerprint density at radius 2 is 2.33 bits per heavy atom. The zero-order chi connectivity index (χ0) is 11.3. The van der Waals surface area contributed by atoms with Crippen LogP contribution >= 0.6 is 0 Å². The number of amides is 1. The zero-order valence-corrected chi connectivity index (χ0v) is 9.33. The second kappa shape index (κ2) is 4.82. The predicted octanol–water partition coefficient (Wildman–Crippen LogP) is 1.03. The van der Waals surface area contributed by atoms with Crippen LogP contribution < -0.4 is 10.6 Å². The van der Waals surface area contributed by atoms with E-state index in [0.717, 1.165) is 18.9 Å². The van der Waals surface area contributed by atoms with Gasteiger partial charge in [-0.15, -0.1) is 0 Å². The highest BCUT2D eigenvalue weighted by molar-refractivity contribution is 5.94. The summed E-state index contributed by atoms with van der Waals surface area (Å²) in [4.78, 5) is 15.3. The molecule has 2 N–H and O–H groups in total. The van der Waals surface area contributed by atoms with Gasteiger partial charge in [-0.3, -0.25) is 10.3 Å². The Bertz CT molecular complexity index is 290. The monoisotopic (exact) mass is 211 g/mol. The lowest BCUT2D eigenvalue weighted by molar-refractivity contribution is 0.0552. The van der Waals surface area contributed by atoms with Gasteiger partial charge < -0.3 is 10.1 Å². The molecular weight excluding hydrogens is 194 g/mol. The number of nitrogens with zero attached hydrogens (tertiary/aromatic N) is 1. The Morgan fingerprint density at radius 1 is 1.60 bits per heavy atom. The molecule has 1 aliphatic rings. The average Bonchev–Trinajstić information content (AvgIpc) is 2.53. The van der Waals surface area contributed by atoms with Crippen LogP contribution in [0.25, 0.3) is 0 Å². The number of carbonyl (C=O) groups excluding carboxylic acids is 1. The van der Waals surface area contributed by atoms with Crippen molar-refractivity contribution in [3.63, 3.8) is 0 Å². The second-order valence-electron chi connectivity index (χ2n) is 4.17. The van der Waals surface area contributed by atoms with E-state index in [2.05, 4.69) is 15.6 Å². The lowest BCUT2D eigenvalue weighted by Gasteiger charge is -2.18. The van der Waals surface area contributed by atoms with E-state index >= 15 is 0 Å². The molecule has 1 amide bonds. The van der Waals surface area contributed by atoms with Crippen molar-refractivity contribution in [1.82, 2.24) is 10.6 Å². The molecule has 0 bridgehead atoms. The van der Waals surface area contributed by atoms with Gasteiger partial charge in [0.2, 0.25) is 0 Å². The number of nitrogens with one attached hydrogen (secondary N) is 2. The quantitative estimate of drug-likeness (QED) is 0.717. The van der Waals surface area contributed by atoms with E-state index in [9.17, 15) is 4.79 Å². The number of alkyl carbamates (subject to hydrolysis) is 1. The van der Waals surface area contributed by atoms with Gasteiger partial charge in [-0.05, 0) is 26.8 Å². The van der Waals surface area contributed by atoms with Crippen LogP contribution in [0.4, 0.5) is 4.79 Å². The highest BCUT2D eigenvalue weighted by Crippen LogP contribution is 2.06. The lowest BCUT2D eigenvalue weighted by atomic mass is 10.2. The van der Waals surface area contributed by atoms with Crippen LogP contribution in [0.3, 0.4) is 0 Å². The van der Waals surface area contributed by atoms with Crippen molar-refractivity contribution in [2.24, 2.45) is 4.99 Å². The average molecular weight is 211 g/mol. The Labute approximate surface area is 89.6 Å². The van der Waals surface area contributed by atoms with Crippen molar-refractivity contribution in [2.75, 3.05) is 13.1 Å². The standard InChI is InChI=1S/C10H17N3O2/c1-10(2,3)15-9(14)13-5-4-8-11-6-7-12-8/h4-5H,6-7H2,1-3H3,(H,11,12)(H,13,14)/b5-4+. The molecule has 1 heterocycles. The van der Waals surface area contributed by atoms with Gasteiger partial charge in [0.25, 0.3) is 0 Å². The second-order valence-corrected chi connectivity index (χ2v) is 4.17. The van der Waals surface area contributed by atoms with Crippen molar-refractivity contribution in [3.05, 3.63) is 12.3 Å². The van der Waals surface area contributed by atoms with Gasteiger partial charge in [0.05, 0.1) is 6.54 Å². The molecule has 0 aliphatic carbocycles. The van der Waals surface area contributed by atoms with Crippen molar-refractivity contribution in [1.29, 1.82) is 0 Å². The minimum absolute atomic E-state index is 0.461. The van der Waals surface area contributed by atoms with Gasteiger partial charge in [0.15, 0.2) is 0 Å². The highest BCUT2D eigenvalue weighted by Gasteiger charge is 2.14. The number of rotatable bonds is 2. The SMILES string of the molecule is CC(C)(C)OC(=O)N/C=C/C1=NCCN1. The smallest absolute Gasteiger partial charge is 0.411 e. The summed E-state index contributed by atoms with van der Waals surface area (Å²) < 4.78 is 5.04. The molecule has 84 valence electrons. The molecule has 0 saturated carbocycles. The van der Waals surface area contributed by atoms with Crippen molar-refractivity contribution in [2.45, 2.75) is 26.4 Å². The molecule has 0 aromatic carbocycles. The summed E-state index contributed by atoms with van der Waals surface area (Å²) in [5.74, 6) is 0.783. The number of hydrogen-bond donors (Lipinski definition) is 2. The fraction of sp³-hybridized carbons (Fsp3) is 0.600. The van der Waals surface area contributed by atoms with E-state index in [4.69, 9.17) is 4.74 Å². The van der Waals surface area contributed by atoms with E-state index in [-0.39, 0.29) is 0 Å². The van der Waals surface area contributed by atoms with Gasteiger partial charge in [0, 0.05) is 12.7 Å². The highest BCUT2D eigenvalue weighted by atomic mass is 16.6. The maximum Gasteiger partial charge on any atom is 0.411 e. The third-order valence-corrected chi connectivity index (χ3v) is 1.54. The maximum absolute atomic E-state index is 11.2. The first-order chi connectivity index (χ1) is 6.97. The Morgan fingerprint density at radius 3 is 2.87 bits per heavy atom. The van der Waals surface area contributed by atoms with Crippen LogP contribution in [0.15, 0.2) is 17.3 Å². The van der Waals surface area contributed by atoms with Gasteiger partial charge in [-0.1, -0.05) is 0 Å². The predicted molar refractivity (Wildman–Crippen MR) is 58.8 cm³/mol. The summed E-state index contributed by atoms with van der Waals surface area (Å²) in [6.45, 7) is 7.09. The molecule has 0 saturated heterocycles. The van der Waals surface area contributed by atoms with Gasteiger partial charge >= 0.3 is 6.09 Å². The van der Waals surface area contributed by atoms with Crippen LogP contribution in [0.5, 0.6) is 0 Å². The molecule has 0 aromatic heterocycles. The maximum atomic E-state index is 11.2. The lowest BCUT2D eigenvalue weighted by Crippen LogP contribution is -2.30. The van der Waals surface area contributed by atoms with Gasteiger partial charge in [-0.25, -0.2) is 4.79 Å². The molecule has 5 heteroatoms. The Balaban J connectivity index is 2.27. The fourth-order valence-electron chi connectivity index (χ4n) is 1.02. The van der Waals surface area contributed by atoms with E-state index in [1.807, 2.05) is 20.8 Å². The normalized spacial score (nSPS) is 16.1. The zero-order valence-electron chi connectivity index (χ0n) is 9.33. The number of hydrogen-bond acceptors (Lipinski definition) is 4. The summed E-state index contributed by atoms with van der Waals surface area (Å²) in [7, 11) is 0. The summed E-state index contributed by atoms with van der Waals surface area (Å²) in [5, 5.41) is 5.55. The first-order valence-corrected chi connectivity index (χ1v) is 4.92. The molecular formula is C10H17N3O2. The third-order valence-electron chi connectivity index (χ3n) is 1.54. The molecule has 0 aromatic rings. The van der Waals surface area contributed by atoms with Crippen molar-refractivity contribution < 1.29 is 9.53 Å². The molecule has 15 heavy (non-hydrogen) atoms.